The van der Waals surface area contributed by atoms with Gasteiger partial charge in [-0.05, 0) is 47.9 Å². The van der Waals surface area contributed by atoms with Gasteiger partial charge in [0.2, 0.25) is 0 Å². The monoisotopic (exact) mass is 478 g/mol. The van der Waals surface area contributed by atoms with Gasteiger partial charge in [-0.25, -0.2) is 4.79 Å². The van der Waals surface area contributed by atoms with Crippen molar-refractivity contribution in [1.29, 1.82) is 0 Å². The molecule has 0 aliphatic rings. The van der Waals surface area contributed by atoms with Gasteiger partial charge in [-0.15, -0.1) is 0 Å². The van der Waals surface area contributed by atoms with Gasteiger partial charge in [0.1, 0.15) is 23.7 Å². The van der Waals surface area contributed by atoms with E-state index in [0.29, 0.717) is 0 Å². The molecule has 34 heavy (non-hydrogen) atoms. The number of aliphatic carboxylic acids is 1. The van der Waals surface area contributed by atoms with Crippen molar-refractivity contribution < 1.29 is 37.7 Å². The first kappa shape index (κ1) is 28.5. The lowest BCUT2D eigenvalue weighted by Gasteiger charge is -2.18. The highest BCUT2D eigenvalue weighted by Gasteiger charge is 2.34. The summed E-state index contributed by atoms with van der Waals surface area (Å²) in [5.74, 6) is -1.68. The molecular formula is C26H29F3O5. The molecule has 2 N–H and O–H groups in total. The van der Waals surface area contributed by atoms with Crippen LogP contribution < -0.4 is 4.74 Å². The average molecular weight is 479 g/mol. The number of rotatable bonds is 9. The van der Waals surface area contributed by atoms with Crippen molar-refractivity contribution >= 4 is 11.5 Å². The van der Waals surface area contributed by atoms with Gasteiger partial charge < -0.3 is 19.7 Å². The third kappa shape index (κ3) is 7.52. The maximum absolute atomic E-state index is 13.9. The number of methoxy groups -OCH3 is 1. The van der Waals surface area contributed by atoms with E-state index in [4.69, 9.17) is 9.47 Å². The van der Waals surface area contributed by atoms with Crippen molar-refractivity contribution in [2.24, 2.45) is 0 Å². The number of benzene rings is 2. The number of halogens is 3. The summed E-state index contributed by atoms with van der Waals surface area (Å²) in [4.78, 5) is 11.4. The van der Waals surface area contributed by atoms with Crippen LogP contribution in [0, 0.1) is 0 Å². The van der Waals surface area contributed by atoms with Gasteiger partial charge in [0.15, 0.2) is 0 Å². The van der Waals surface area contributed by atoms with E-state index in [1.807, 2.05) is 13.8 Å². The first-order chi connectivity index (χ1) is 16.1. The maximum Gasteiger partial charge on any atom is 0.417 e. The molecule has 0 heterocycles. The van der Waals surface area contributed by atoms with Crippen molar-refractivity contribution in [3.63, 3.8) is 0 Å². The average Bonchev–Trinajstić information content (AvgIpc) is 2.82. The van der Waals surface area contributed by atoms with E-state index in [1.54, 1.807) is 18.2 Å². The molecular weight excluding hydrogens is 449 g/mol. The lowest BCUT2D eigenvalue weighted by Crippen LogP contribution is -2.09. The summed E-state index contributed by atoms with van der Waals surface area (Å²) in [5.41, 5.74) is -1.20. The number of hydrogen-bond donors (Lipinski definition) is 2. The highest BCUT2D eigenvalue weighted by Crippen LogP contribution is 2.41. The zero-order chi connectivity index (χ0) is 25.9. The van der Waals surface area contributed by atoms with Crippen molar-refractivity contribution in [2.75, 3.05) is 20.3 Å². The summed E-state index contributed by atoms with van der Waals surface area (Å²) in [6, 6.07) is 9.93. The Morgan fingerprint density at radius 3 is 2.26 bits per heavy atom. The molecule has 0 saturated carbocycles. The van der Waals surface area contributed by atoms with Crippen LogP contribution in [-0.2, 0) is 15.7 Å². The Bertz CT molecular complexity index is 1050. The van der Waals surface area contributed by atoms with Crippen LogP contribution in [0.25, 0.3) is 16.7 Å². The Labute approximate surface area is 197 Å². The minimum atomic E-state index is -4.70. The molecule has 0 fully saturated rings. The fraction of sp³-hybridized carbons (Fsp3) is 0.269. The van der Waals surface area contributed by atoms with E-state index >= 15 is 0 Å². The molecule has 2 rings (SSSR count). The number of carbonyl (C=O) groups is 1. The third-order valence-corrected chi connectivity index (χ3v) is 4.52. The smallest absolute Gasteiger partial charge is 0.417 e. The third-order valence-electron chi connectivity index (χ3n) is 4.52. The van der Waals surface area contributed by atoms with Gasteiger partial charge in [0.05, 0.1) is 12.2 Å². The van der Waals surface area contributed by atoms with Gasteiger partial charge in [-0.2, -0.15) is 13.2 Å². The van der Waals surface area contributed by atoms with Crippen LogP contribution in [0.2, 0.25) is 0 Å². The molecule has 0 bridgehead atoms. The van der Waals surface area contributed by atoms with Gasteiger partial charge in [-0.3, -0.25) is 0 Å². The molecule has 0 spiro atoms. The van der Waals surface area contributed by atoms with Gasteiger partial charge in [-0.1, -0.05) is 50.8 Å². The molecule has 2 aromatic carbocycles. The van der Waals surface area contributed by atoms with E-state index < -0.39 is 29.0 Å². The highest BCUT2D eigenvalue weighted by molar-refractivity contribution is 5.95. The largest absolute Gasteiger partial charge is 0.507 e. The summed E-state index contributed by atoms with van der Waals surface area (Å²) in [5, 5.41) is 19.0. The number of aliphatic hydroxyl groups is 1. The minimum absolute atomic E-state index is 0.00233. The van der Waals surface area contributed by atoms with E-state index in [1.165, 1.54) is 32.2 Å². The number of carboxylic acids is 1. The van der Waals surface area contributed by atoms with Crippen LogP contribution in [-0.4, -0.2) is 36.5 Å². The standard InChI is InChI=1S/C24H23F3O5.C2H6/c1-4-21(28)19(23(29)30)13-15(2)16-9-10-17(20(14-16)24(25,26)27)18-7-5-6-8-22(18)32-12-11-31-3;1-2/h4-10,13-14,28H,2,11-12H2,1,3H3,(H,29,30);1-2H3/b19-13+,21-4+;. The SMILES string of the molecule is C=C(/C=C(C(=O)O)\C(O)=C/C)c1ccc(-c2ccccc2OCCOC)c(C(F)(F)F)c1.CC. The Kier molecular flexibility index (Phi) is 11.1. The Balaban J connectivity index is 0.00000281. The summed E-state index contributed by atoms with van der Waals surface area (Å²) in [6.45, 7) is 9.54. The lowest BCUT2D eigenvalue weighted by atomic mass is 9.93. The second kappa shape index (κ2) is 13.3. The topological polar surface area (TPSA) is 76.0 Å². The van der Waals surface area contributed by atoms with Crippen molar-refractivity contribution in [1.82, 2.24) is 0 Å². The minimum Gasteiger partial charge on any atom is -0.507 e. The Morgan fingerprint density at radius 1 is 1.06 bits per heavy atom. The summed E-state index contributed by atoms with van der Waals surface area (Å²) < 4.78 is 52.3. The molecule has 0 aromatic heterocycles. The predicted molar refractivity (Wildman–Crippen MR) is 127 cm³/mol. The molecule has 0 amide bonds. The number of para-hydroxylation sites is 1. The molecule has 0 atom stereocenters. The highest BCUT2D eigenvalue weighted by atomic mass is 19.4. The number of aliphatic hydroxyl groups excluding tert-OH is 1. The second-order valence-corrected chi connectivity index (χ2v) is 6.66. The summed E-state index contributed by atoms with van der Waals surface area (Å²) in [6.07, 6.45) is -2.51. The number of carboxylic acid groups (broad SMARTS) is 1. The number of ether oxygens (including phenoxy) is 2. The second-order valence-electron chi connectivity index (χ2n) is 6.66. The van der Waals surface area contributed by atoms with E-state index in [2.05, 4.69) is 6.58 Å². The quantitative estimate of drug-likeness (QED) is 0.177. The van der Waals surface area contributed by atoms with Crippen LogP contribution in [0.4, 0.5) is 13.2 Å². The Hall–Kier alpha value is -3.52. The first-order valence-corrected chi connectivity index (χ1v) is 10.5. The number of alkyl halides is 3. The summed E-state index contributed by atoms with van der Waals surface area (Å²) in [7, 11) is 1.49. The molecule has 0 radical (unpaired) electrons. The van der Waals surface area contributed by atoms with Crippen molar-refractivity contribution in [2.45, 2.75) is 26.9 Å². The van der Waals surface area contributed by atoms with Crippen LogP contribution in [0.3, 0.4) is 0 Å². The zero-order valence-electron chi connectivity index (χ0n) is 19.6. The number of allylic oxidation sites excluding steroid dienone is 3. The van der Waals surface area contributed by atoms with Crippen LogP contribution in [0.1, 0.15) is 31.9 Å². The lowest BCUT2D eigenvalue weighted by molar-refractivity contribution is -0.137. The van der Waals surface area contributed by atoms with Gasteiger partial charge in [0, 0.05) is 12.7 Å². The van der Waals surface area contributed by atoms with E-state index in [9.17, 15) is 28.2 Å². The predicted octanol–water partition coefficient (Wildman–Crippen LogP) is 6.91. The first-order valence-electron chi connectivity index (χ1n) is 10.5. The molecule has 184 valence electrons. The molecule has 0 unspecified atom stereocenters. The molecule has 5 nitrogen and oxygen atoms in total. The van der Waals surface area contributed by atoms with Gasteiger partial charge in [0.25, 0.3) is 0 Å². The van der Waals surface area contributed by atoms with Crippen LogP contribution in [0.15, 0.2) is 72.5 Å². The van der Waals surface area contributed by atoms with Crippen LogP contribution in [0.5, 0.6) is 5.75 Å². The van der Waals surface area contributed by atoms with Gasteiger partial charge >= 0.3 is 12.1 Å². The van der Waals surface area contributed by atoms with Crippen molar-refractivity contribution in [3.8, 4) is 16.9 Å². The molecule has 0 aliphatic heterocycles. The number of hydrogen-bond acceptors (Lipinski definition) is 4. The van der Waals surface area contributed by atoms with Crippen molar-refractivity contribution in [3.05, 3.63) is 83.7 Å². The molecule has 8 heteroatoms. The fourth-order valence-corrected chi connectivity index (χ4v) is 2.92. The van der Waals surface area contributed by atoms with E-state index in [-0.39, 0.29) is 41.2 Å². The normalized spacial score (nSPS) is 12.0. The maximum atomic E-state index is 13.9. The Morgan fingerprint density at radius 2 is 1.71 bits per heavy atom. The summed E-state index contributed by atoms with van der Waals surface area (Å²) >= 11 is 0. The zero-order valence-corrected chi connectivity index (χ0v) is 19.6. The van der Waals surface area contributed by atoms with E-state index in [0.717, 1.165) is 18.2 Å². The molecule has 0 saturated heterocycles. The van der Waals surface area contributed by atoms with Crippen LogP contribution >= 0.6 is 0 Å². The fourth-order valence-electron chi connectivity index (χ4n) is 2.92. The molecule has 0 aliphatic carbocycles. The molecule has 2 aromatic rings.